The van der Waals surface area contributed by atoms with Gasteiger partial charge in [-0.1, -0.05) is 30.3 Å². The van der Waals surface area contributed by atoms with Crippen molar-refractivity contribution in [3.63, 3.8) is 0 Å². The summed E-state index contributed by atoms with van der Waals surface area (Å²) in [7, 11) is 0. The van der Waals surface area contributed by atoms with Crippen LogP contribution in [0.15, 0.2) is 48.7 Å². The summed E-state index contributed by atoms with van der Waals surface area (Å²) >= 11 is 0. The number of amides is 2. The fourth-order valence-corrected chi connectivity index (χ4v) is 2.91. The van der Waals surface area contributed by atoms with Crippen LogP contribution in [0.2, 0.25) is 0 Å². The fraction of sp³-hybridized carbons (Fsp3) is 0.333. The first-order valence-corrected chi connectivity index (χ1v) is 8.19. The van der Waals surface area contributed by atoms with Crippen LogP contribution in [0, 0.1) is 0 Å². The van der Waals surface area contributed by atoms with Gasteiger partial charge < -0.3 is 21.1 Å². The lowest BCUT2D eigenvalue weighted by atomic mass is 10.1. The third-order valence-electron chi connectivity index (χ3n) is 4.10. The zero-order valence-corrected chi connectivity index (χ0v) is 13.4. The Bertz CT molecular complexity index is 678. The molecule has 1 heterocycles. The van der Waals surface area contributed by atoms with Crippen molar-refractivity contribution in [2.75, 3.05) is 18.4 Å². The molecule has 2 amide bonds. The highest BCUT2D eigenvalue weighted by molar-refractivity contribution is 5.74. The second-order valence-electron chi connectivity index (χ2n) is 5.84. The van der Waals surface area contributed by atoms with E-state index in [0.717, 1.165) is 29.9 Å². The van der Waals surface area contributed by atoms with Gasteiger partial charge in [0.1, 0.15) is 5.82 Å². The van der Waals surface area contributed by atoms with Crippen LogP contribution in [0.5, 0.6) is 0 Å². The fourth-order valence-electron chi connectivity index (χ4n) is 2.91. The SMILES string of the molecule is O=C(NCCCNc1ccccn1)N[C@H]1c2ccccc2C[C@H]1O. The Morgan fingerprint density at radius 3 is 2.83 bits per heavy atom. The first-order chi connectivity index (χ1) is 11.7. The highest BCUT2D eigenvalue weighted by Gasteiger charge is 2.31. The maximum atomic E-state index is 12.0. The third kappa shape index (κ3) is 4.02. The number of aliphatic hydroxyl groups excluding tert-OH is 1. The van der Waals surface area contributed by atoms with Gasteiger partial charge in [0.25, 0.3) is 0 Å². The molecule has 6 nitrogen and oxygen atoms in total. The molecule has 126 valence electrons. The van der Waals surface area contributed by atoms with E-state index in [9.17, 15) is 9.90 Å². The van der Waals surface area contributed by atoms with E-state index >= 15 is 0 Å². The molecule has 6 heteroatoms. The van der Waals surface area contributed by atoms with Crippen molar-refractivity contribution in [3.8, 4) is 0 Å². The van der Waals surface area contributed by atoms with Gasteiger partial charge in [0.15, 0.2) is 0 Å². The van der Waals surface area contributed by atoms with Gasteiger partial charge in [-0.3, -0.25) is 0 Å². The zero-order valence-electron chi connectivity index (χ0n) is 13.4. The molecular weight excluding hydrogens is 304 g/mol. The first kappa shape index (κ1) is 16.3. The highest BCUT2D eigenvalue weighted by Crippen LogP contribution is 2.30. The van der Waals surface area contributed by atoms with Crippen molar-refractivity contribution >= 4 is 11.8 Å². The minimum absolute atomic E-state index is 0.256. The number of hydrogen-bond donors (Lipinski definition) is 4. The quantitative estimate of drug-likeness (QED) is 0.610. The normalized spacial score (nSPS) is 18.7. The number of nitrogens with one attached hydrogen (secondary N) is 3. The number of hydrogen-bond acceptors (Lipinski definition) is 4. The molecule has 0 saturated heterocycles. The molecule has 0 aliphatic heterocycles. The third-order valence-corrected chi connectivity index (χ3v) is 4.10. The van der Waals surface area contributed by atoms with Crippen molar-refractivity contribution in [2.45, 2.75) is 25.0 Å². The molecule has 4 N–H and O–H groups in total. The molecule has 0 unspecified atom stereocenters. The van der Waals surface area contributed by atoms with E-state index in [1.807, 2.05) is 42.5 Å². The predicted octanol–water partition coefficient (Wildman–Crippen LogP) is 1.84. The number of aliphatic hydroxyl groups is 1. The number of nitrogens with zero attached hydrogens (tertiary/aromatic N) is 1. The molecule has 1 aliphatic rings. The molecule has 1 aromatic carbocycles. The number of anilines is 1. The van der Waals surface area contributed by atoms with Gasteiger partial charge in [-0.05, 0) is 29.7 Å². The summed E-state index contributed by atoms with van der Waals surface area (Å²) in [4.78, 5) is 16.2. The number of aromatic nitrogens is 1. The summed E-state index contributed by atoms with van der Waals surface area (Å²) in [5.41, 5.74) is 2.09. The van der Waals surface area contributed by atoms with Crippen molar-refractivity contribution < 1.29 is 9.90 Å². The molecule has 0 spiro atoms. The first-order valence-electron chi connectivity index (χ1n) is 8.19. The second-order valence-corrected chi connectivity index (χ2v) is 5.84. The van der Waals surface area contributed by atoms with Crippen LogP contribution in [0.25, 0.3) is 0 Å². The summed E-state index contributed by atoms with van der Waals surface area (Å²) < 4.78 is 0. The number of carbonyl (C=O) groups excluding carboxylic acids is 1. The van der Waals surface area contributed by atoms with Crippen molar-refractivity contribution in [3.05, 3.63) is 59.8 Å². The van der Waals surface area contributed by atoms with Gasteiger partial charge in [0, 0.05) is 25.7 Å². The Kier molecular flexibility index (Phi) is 5.28. The summed E-state index contributed by atoms with van der Waals surface area (Å²) in [5, 5.41) is 19.0. The maximum Gasteiger partial charge on any atom is 0.315 e. The molecule has 0 radical (unpaired) electrons. The van der Waals surface area contributed by atoms with E-state index in [4.69, 9.17) is 0 Å². The second kappa shape index (κ2) is 7.79. The number of pyridine rings is 1. The molecule has 1 aliphatic carbocycles. The van der Waals surface area contributed by atoms with E-state index < -0.39 is 6.10 Å². The standard InChI is InChI=1S/C18H22N4O2/c23-15-12-13-6-1-2-7-14(13)17(15)22-18(24)21-11-5-10-20-16-8-3-4-9-19-16/h1-4,6-9,15,17,23H,5,10-12H2,(H,19,20)(H2,21,22,24)/t15-,17+/m1/s1. The Morgan fingerprint density at radius 1 is 1.17 bits per heavy atom. The smallest absolute Gasteiger partial charge is 0.315 e. The average Bonchev–Trinajstić information content (AvgIpc) is 2.91. The molecular formula is C18H22N4O2. The van der Waals surface area contributed by atoms with Crippen molar-refractivity contribution in [2.24, 2.45) is 0 Å². The molecule has 0 saturated carbocycles. The number of rotatable bonds is 6. The van der Waals surface area contributed by atoms with Crippen LogP contribution < -0.4 is 16.0 Å². The Hall–Kier alpha value is -2.60. The molecule has 0 bridgehead atoms. The molecule has 1 aromatic heterocycles. The van der Waals surface area contributed by atoms with Gasteiger partial charge >= 0.3 is 6.03 Å². The van der Waals surface area contributed by atoms with Gasteiger partial charge in [0.05, 0.1) is 12.1 Å². The molecule has 0 fully saturated rings. The lowest BCUT2D eigenvalue weighted by Gasteiger charge is -2.18. The van der Waals surface area contributed by atoms with E-state index in [0.29, 0.717) is 13.0 Å². The minimum atomic E-state index is -0.570. The summed E-state index contributed by atoms with van der Waals surface area (Å²) in [6.07, 6.45) is 2.53. The Morgan fingerprint density at radius 2 is 2.00 bits per heavy atom. The summed E-state index contributed by atoms with van der Waals surface area (Å²) in [6.45, 7) is 1.28. The van der Waals surface area contributed by atoms with Crippen LogP contribution in [0.3, 0.4) is 0 Å². The van der Waals surface area contributed by atoms with Crippen LogP contribution in [-0.4, -0.2) is 35.3 Å². The lowest BCUT2D eigenvalue weighted by molar-refractivity contribution is 0.142. The average molecular weight is 326 g/mol. The molecule has 24 heavy (non-hydrogen) atoms. The predicted molar refractivity (Wildman–Crippen MR) is 92.8 cm³/mol. The van der Waals surface area contributed by atoms with E-state index in [-0.39, 0.29) is 12.1 Å². The highest BCUT2D eigenvalue weighted by atomic mass is 16.3. The molecule has 2 aromatic rings. The monoisotopic (exact) mass is 326 g/mol. The maximum absolute atomic E-state index is 12.0. The molecule has 2 atom stereocenters. The number of fused-ring (bicyclic) bond motifs is 1. The van der Waals surface area contributed by atoms with Gasteiger partial charge in [-0.2, -0.15) is 0 Å². The summed E-state index contributed by atoms with van der Waals surface area (Å²) in [5.74, 6) is 0.827. The van der Waals surface area contributed by atoms with Crippen LogP contribution in [0.4, 0.5) is 10.6 Å². The number of urea groups is 1. The minimum Gasteiger partial charge on any atom is -0.390 e. The van der Waals surface area contributed by atoms with Gasteiger partial charge in [-0.15, -0.1) is 0 Å². The Labute approximate surface area is 141 Å². The van der Waals surface area contributed by atoms with Gasteiger partial charge in [0.2, 0.25) is 0 Å². The molecule has 3 rings (SSSR count). The summed E-state index contributed by atoms with van der Waals surface area (Å²) in [6, 6.07) is 12.9. The van der Waals surface area contributed by atoms with E-state index in [1.54, 1.807) is 6.20 Å². The zero-order chi connectivity index (χ0) is 16.8. The van der Waals surface area contributed by atoms with E-state index in [1.165, 1.54) is 0 Å². The van der Waals surface area contributed by atoms with Crippen LogP contribution in [-0.2, 0) is 6.42 Å². The van der Waals surface area contributed by atoms with Crippen molar-refractivity contribution in [1.82, 2.24) is 15.6 Å². The van der Waals surface area contributed by atoms with E-state index in [2.05, 4.69) is 20.9 Å². The van der Waals surface area contributed by atoms with Crippen LogP contribution >= 0.6 is 0 Å². The number of benzene rings is 1. The van der Waals surface area contributed by atoms with Crippen molar-refractivity contribution in [1.29, 1.82) is 0 Å². The number of carbonyl (C=O) groups is 1. The largest absolute Gasteiger partial charge is 0.390 e. The Balaban J connectivity index is 1.39. The topological polar surface area (TPSA) is 86.3 Å². The van der Waals surface area contributed by atoms with Crippen LogP contribution in [0.1, 0.15) is 23.6 Å². The van der Waals surface area contributed by atoms with Gasteiger partial charge in [-0.25, -0.2) is 9.78 Å². The lowest BCUT2D eigenvalue weighted by Crippen LogP contribution is -2.41.